The highest BCUT2D eigenvalue weighted by molar-refractivity contribution is 5.87. The van der Waals surface area contributed by atoms with E-state index in [4.69, 9.17) is 9.84 Å². The molecule has 0 saturated carbocycles. The number of carboxylic acids is 1. The van der Waals surface area contributed by atoms with Gasteiger partial charge < -0.3 is 15.2 Å². The van der Waals surface area contributed by atoms with E-state index in [9.17, 15) is 4.79 Å². The molecule has 2 aliphatic rings. The molecule has 144 valence electrons. The number of aromatic carboxylic acids is 1. The molecule has 2 heterocycles. The molecule has 0 amide bonds. The van der Waals surface area contributed by atoms with Crippen molar-refractivity contribution in [3.05, 3.63) is 35.4 Å². The average molecular weight is 360 g/mol. The van der Waals surface area contributed by atoms with Gasteiger partial charge >= 0.3 is 5.97 Å². The lowest BCUT2D eigenvalue weighted by molar-refractivity contribution is 0.0697. The smallest absolute Gasteiger partial charge is 0.335 e. The van der Waals surface area contributed by atoms with Crippen LogP contribution in [0, 0.1) is 5.92 Å². The first-order valence-electron chi connectivity index (χ1n) is 10.4. The average Bonchev–Trinajstić information content (AvgIpc) is 3.25. The number of rotatable bonds is 11. The second-order valence-corrected chi connectivity index (χ2v) is 7.89. The van der Waals surface area contributed by atoms with Crippen LogP contribution in [-0.4, -0.2) is 35.9 Å². The summed E-state index contributed by atoms with van der Waals surface area (Å²) in [7, 11) is 0. The van der Waals surface area contributed by atoms with E-state index in [0.29, 0.717) is 29.7 Å². The van der Waals surface area contributed by atoms with E-state index in [-0.39, 0.29) is 0 Å². The first-order chi connectivity index (χ1) is 12.7. The number of ether oxygens (including phenoxy) is 1. The summed E-state index contributed by atoms with van der Waals surface area (Å²) < 4.78 is 6.19. The standard InChI is InChI=1S/C22H33NO3/c1-2-3-4-5-6-15-23-21-18(19-13-14-20(21)26-19)12-9-16-7-10-17(11-8-16)22(24)25/h7-8,10-11,18-21,23H,2-6,9,12-15H2,1H3,(H,24,25). The number of hydrogen-bond acceptors (Lipinski definition) is 3. The van der Waals surface area contributed by atoms with Crippen LogP contribution in [0.4, 0.5) is 0 Å². The van der Waals surface area contributed by atoms with E-state index in [1.165, 1.54) is 50.5 Å². The lowest BCUT2D eigenvalue weighted by Gasteiger charge is -2.29. The van der Waals surface area contributed by atoms with E-state index in [0.717, 1.165) is 19.4 Å². The number of unbranched alkanes of at least 4 members (excludes halogenated alkanes) is 4. The number of carboxylic acid groups (broad SMARTS) is 1. The van der Waals surface area contributed by atoms with Gasteiger partial charge in [-0.25, -0.2) is 4.79 Å². The lowest BCUT2D eigenvalue weighted by Crippen LogP contribution is -2.44. The van der Waals surface area contributed by atoms with Gasteiger partial charge in [0.05, 0.1) is 17.8 Å². The van der Waals surface area contributed by atoms with Crippen LogP contribution in [0.25, 0.3) is 0 Å². The fraction of sp³-hybridized carbons (Fsp3) is 0.682. The predicted molar refractivity (Wildman–Crippen MR) is 104 cm³/mol. The van der Waals surface area contributed by atoms with Crippen LogP contribution in [0.3, 0.4) is 0 Å². The fourth-order valence-corrected chi connectivity index (χ4v) is 4.57. The number of aryl methyl sites for hydroxylation is 1. The molecule has 0 aliphatic carbocycles. The van der Waals surface area contributed by atoms with E-state index in [1.54, 1.807) is 12.1 Å². The Morgan fingerprint density at radius 1 is 1.12 bits per heavy atom. The number of nitrogens with one attached hydrogen (secondary N) is 1. The molecule has 0 radical (unpaired) electrons. The quantitative estimate of drug-likeness (QED) is 0.574. The molecule has 4 nitrogen and oxygen atoms in total. The minimum atomic E-state index is -0.860. The molecule has 1 aromatic carbocycles. The summed E-state index contributed by atoms with van der Waals surface area (Å²) in [4.78, 5) is 11.0. The van der Waals surface area contributed by atoms with Crippen molar-refractivity contribution in [3.63, 3.8) is 0 Å². The van der Waals surface area contributed by atoms with Crippen LogP contribution < -0.4 is 5.32 Å². The van der Waals surface area contributed by atoms with Gasteiger partial charge in [-0.05, 0) is 56.3 Å². The molecule has 2 N–H and O–H groups in total. The van der Waals surface area contributed by atoms with Crippen LogP contribution in [0.2, 0.25) is 0 Å². The zero-order valence-electron chi connectivity index (χ0n) is 16.0. The van der Waals surface area contributed by atoms with Gasteiger partial charge in [0.1, 0.15) is 0 Å². The van der Waals surface area contributed by atoms with Crippen molar-refractivity contribution < 1.29 is 14.6 Å². The molecule has 3 rings (SSSR count). The molecule has 1 aromatic rings. The Morgan fingerprint density at radius 3 is 2.58 bits per heavy atom. The Kier molecular flexibility index (Phi) is 7.09. The van der Waals surface area contributed by atoms with E-state index < -0.39 is 5.97 Å². The van der Waals surface area contributed by atoms with Gasteiger partial charge in [-0.15, -0.1) is 0 Å². The Labute approximate surface area is 157 Å². The van der Waals surface area contributed by atoms with Crippen molar-refractivity contribution in [1.29, 1.82) is 0 Å². The van der Waals surface area contributed by atoms with Crippen molar-refractivity contribution in [3.8, 4) is 0 Å². The number of carbonyl (C=O) groups is 1. The predicted octanol–water partition coefficient (Wildman–Crippen LogP) is 4.42. The Bertz CT molecular complexity index is 571. The molecule has 4 unspecified atom stereocenters. The van der Waals surface area contributed by atoms with Crippen molar-refractivity contribution in [1.82, 2.24) is 5.32 Å². The summed E-state index contributed by atoms with van der Waals surface area (Å²) in [6.07, 6.45) is 11.9. The molecular formula is C22H33NO3. The highest BCUT2D eigenvalue weighted by Crippen LogP contribution is 2.41. The third-order valence-electron chi connectivity index (χ3n) is 6.05. The maximum Gasteiger partial charge on any atom is 0.335 e. The summed E-state index contributed by atoms with van der Waals surface area (Å²) in [5.74, 6) is -0.273. The van der Waals surface area contributed by atoms with Gasteiger partial charge in [-0.3, -0.25) is 0 Å². The summed E-state index contributed by atoms with van der Waals surface area (Å²) in [6.45, 7) is 3.36. The van der Waals surface area contributed by atoms with Gasteiger partial charge in [-0.2, -0.15) is 0 Å². The molecule has 2 aliphatic heterocycles. The van der Waals surface area contributed by atoms with Gasteiger partial charge in [0.15, 0.2) is 0 Å². The van der Waals surface area contributed by atoms with Crippen molar-refractivity contribution in [2.24, 2.45) is 5.92 Å². The Morgan fingerprint density at radius 2 is 1.85 bits per heavy atom. The fourth-order valence-electron chi connectivity index (χ4n) is 4.57. The zero-order valence-corrected chi connectivity index (χ0v) is 16.0. The normalized spacial score (nSPS) is 27.1. The molecule has 2 saturated heterocycles. The summed E-state index contributed by atoms with van der Waals surface area (Å²) in [6, 6.07) is 7.82. The largest absolute Gasteiger partial charge is 0.478 e. The van der Waals surface area contributed by atoms with Crippen LogP contribution in [0.1, 0.15) is 74.2 Å². The second-order valence-electron chi connectivity index (χ2n) is 7.89. The maximum absolute atomic E-state index is 11.0. The Hall–Kier alpha value is -1.39. The summed E-state index contributed by atoms with van der Waals surface area (Å²) in [5, 5.41) is 12.8. The van der Waals surface area contributed by atoms with Gasteiger partial charge in [0, 0.05) is 12.0 Å². The van der Waals surface area contributed by atoms with Crippen LogP contribution >= 0.6 is 0 Å². The molecule has 4 heteroatoms. The molecule has 2 bridgehead atoms. The van der Waals surface area contributed by atoms with Gasteiger partial charge in [0.25, 0.3) is 0 Å². The second kappa shape index (κ2) is 9.52. The molecular weight excluding hydrogens is 326 g/mol. The summed E-state index contributed by atoms with van der Waals surface area (Å²) >= 11 is 0. The third-order valence-corrected chi connectivity index (χ3v) is 6.05. The SMILES string of the molecule is CCCCCCCNC1C2CCC(O2)C1CCc1ccc(C(=O)O)cc1. The van der Waals surface area contributed by atoms with Crippen LogP contribution in [0.15, 0.2) is 24.3 Å². The number of fused-ring (bicyclic) bond motifs is 2. The molecule has 0 aromatic heterocycles. The van der Waals surface area contributed by atoms with Gasteiger partial charge in [-0.1, -0.05) is 44.7 Å². The third kappa shape index (κ3) is 4.86. The van der Waals surface area contributed by atoms with E-state index in [1.807, 2.05) is 12.1 Å². The number of benzene rings is 1. The minimum Gasteiger partial charge on any atom is -0.478 e. The monoisotopic (exact) mass is 359 g/mol. The first kappa shape index (κ1) is 19.4. The highest BCUT2D eigenvalue weighted by atomic mass is 16.5. The van der Waals surface area contributed by atoms with E-state index in [2.05, 4.69) is 12.2 Å². The lowest BCUT2D eigenvalue weighted by atomic mass is 9.81. The highest BCUT2D eigenvalue weighted by Gasteiger charge is 2.47. The minimum absolute atomic E-state index is 0.361. The Balaban J connectivity index is 1.46. The number of hydrogen-bond donors (Lipinski definition) is 2. The molecule has 4 atom stereocenters. The van der Waals surface area contributed by atoms with Gasteiger partial charge in [0.2, 0.25) is 0 Å². The summed E-state index contributed by atoms with van der Waals surface area (Å²) in [5.41, 5.74) is 1.58. The topological polar surface area (TPSA) is 58.6 Å². The van der Waals surface area contributed by atoms with Crippen molar-refractivity contribution in [2.45, 2.75) is 83.0 Å². The van der Waals surface area contributed by atoms with Crippen molar-refractivity contribution >= 4 is 5.97 Å². The van der Waals surface area contributed by atoms with Crippen LogP contribution in [0.5, 0.6) is 0 Å². The molecule has 2 fully saturated rings. The van der Waals surface area contributed by atoms with Crippen LogP contribution in [-0.2, 0) is 11.2 Å². The first-order valence-corrected chi connectivity index (χ1v) is 10.4. The molecule has 0 spiro atoms. The molecule has 26 heavy (non-hydrogen) atoms. The van der Waals surface area contributed by atoms with Crippen molar-refractivity contribution in [2.75, 3.05) is 6.54 Å². The van der Waals surface area contributed by atoms with E-state index >= 15 is 0 Å². The zero-order chi connectivity index (χ0) is 18.4. The maximum atomic E-state index is 11.0.